The van der Waals surface area contributed by atoms with E-state index < -0.39 is 10.0 Å². The number of rotatable bonds is 6. The van der Waals surface area contributed by atoms with Crippen molar-refractivity contribution in [2.75, 3.05) is 38.4 Å². The molecule has 2 aromatic rings. The van der Waals surface area contributed by atoms with E-state index in [9.17, 15) is 13.2 Å². The molecule has 1 aliphatic carbocycles. The molecular formula is C20H30N6O3S. The number of nitrogens with one attached hydrogen (secondary N) is 1. The SMILES string of the molecule is CN(C)CS(=O)(=O)N1CCC(Nc2ncc3ccc(=O)n(C4CCCC4)c3n2)CC1. The maximum absolute atomic E-state index is 12.5. The largest absolute Gasteiger partial charge is 0.351 e. The standard InChI is InChI=1S/C20H30N6O3S/c1-24(2)14-30(28,29)25-11-9-16(10-12-25)22-20-21-13-15-7-8-18(27)26(19(15)23-20)17-5-3-4-6-17/h7-8,13,16-17H,3-6,9-12,14H2,1-2H3,(H,21,22,23). The van der Waals surface area contributed by atoms with Gasteiger partial charge in [0.25, 0.3) is 5.56 Å². The molecule has 0 atom stereocenters. The van der Waals surface area contributed by atoms with E-state index in [1.807, 2.05) is 4.57 Å². The number of nitrogens with zero attached hydrogens (tertiary/aromatic N) is 5. The molecule has 1 N–H and O–H groups in total. The molecular weight excluding hydrogens is 404 g/mol. The molecule has 2 fully saturated rings. The second kappa shape index (κ2) is 8.60. The van der Waals surface area contributed by atoms with Gasteiger partial charge in [0.2, 0.25) is 16.0 Å². The Hall–Kier alpha value is -2.04. The van der Waals surface area contributed by atoms with E-state index in [1.54, 1.807) is 41.6 Å². The highest BCUT2D eigenvalue weighted by Crippen LogP contribution is 2.30. The van der Waals surface area contributed by atoms with E-state index in [2.05, 4.69) is 15.3 Å². The zero-order valence-electron chi connectivity index (χ0n) is 17.6. The van der Waals surface area contributed by atoms with Gasteiger partial charge in [0, 0.05) is 42.8 Å². The van der Waals surface area contributed by atoms with Crippen molar-refractivity contribution in [1.82, 2.24) is 23.7 Å². The molecule has 1 saturated carbocycles. The number of hydrogen-bond donors (Lipinski definition) is 1. The van der Waals surface area contributed by atoms with Crippen molar-refractivity contribution in [3.8, 4) is 0 Å². The van der Waals surface area contributed by atoms with Crippen LogP contribution < -0.4 is 10.9 Å². The lowest BCUT2D eigenvalue weighted by Gasteiger charge is -2.32. The predicted molar refractivity (Wildman–Crippen MR) is 117 cm³/mol. The minimum absolute atomic E-state index is 0.0153. The van der Waals surface area contributed by atoms with Crippen LogP contribution in [0.3, 0.4) is 0 Å². The van der Waals surface area contributed by atoms with Crippen molar-refractivity contribution in [1.29, 1.82) is 0 Å². The molecule has 164 valence electrons. The van der Waals surface area contributed by atoms with Crippen LogP contribution in [0.25, 0.3) is 11.0 Å². The molecule has 10 heteroatoms. The molecule has 0 bridgehead atoms. The maximum Gasteiger partial charge on any atom is 0.252 e. The number of piperidine rings is 1. The molecule has 3 heterocycles. The summed E-state index contributed by atoms with van der Waals surface area (Å²) in [7, 11) is 0.251. The number of sulfonamides is 1. The van der Waals surface area contributed by atoms with Crippen LogP contribution in [0.2, 0.25) is 0 Å². The highest BCUT2D eigenvalue weighted by Gasteiger charge is 2.29. The first-order chi connectivity index (χ1) is 14.3. The van der Waals surface area contributed by atoms with E-state index in [0.717, 1.165) is 31.1 Å². The van der Waals surface area contributed by atoms with Gasteiger partial charge in [-0.1, -0.05) is 12.8 Å². The van der Waals surface area contributed by atoms with E-state index in [0.29, 0.717) is 37.5 Å². The summed E-state index contributed by atoms with van der Waals surface area (Å²) in [4.78, 5) is 23.3. The average Bonchev–Trinajstić information content (AvgIpc) is 3.21. The van der Waals surface area contributed by atoms with Crippen molar-refractivity contribution in [3.05, 3.63) is 28.7 Å². The Morgan fingerprint density at radius 2 is 1.83 bits per heavy atom. The Labute approximate surface area is 177 Å². The molecule has 0 spiro atoms. The third-order valence-electron chi connectivity index (χ3n) is 5.96. The second-order valence-corrected chi connectivity index (χ2v) is 10.5. The number of hydrogen-bond acceptors (Lipinski definition) is 7. The third kappa shape index (κ3) is 4.50. The lowest BCUT2D eigenvalue weighted by atomic mass is 10.1. The van der Waals surface area contributed by atoms with Gasteiger partial charge in [-0.25, -0.2) is 17.7 Å². The quantitative estimate of drug-likeness (QED) is 0.737. The fourth-order valence-electron chi connectivity index (χ4n) is 4.49. The molecule has 30 heavy (non-hydrogen) atoms. The van der Waals surface area contributed by atoms with E-state index in [1.165, 1.54) is 0 Å². The predicted octanol–water partition coefficient (Wildman–Crippen LogP) is 1.63. The first-order valence-electron chi connectivity index (χ1n) is 10.6. The molecule has 2 aliphatic rings. The molecule has 0 amide bonds. The molecule has 4 rings (SSSR count). The van der Waals surface area contributed by atoms with Gasteiger partial charge in [0.1, 0.15) is 11.5 Å². The second-order valence-electron chi connectivity index (χ2n) is 8.59. The Balaban J connectivity index is 1.49. The molecule has 0 unspecified atom stereocenters. The zero-order valence-corrected chi connectivity index (χ0v) is 18.4. The lowest BCUT2D eigenvalue weighted by Crippen LogP contribution is -2.45. The van der Waals surface area contributed by atoms with Gasteiger partial charge >= 0.3 is 0 Å². The van der Waals surface area contributed by atoms with Gasteiger partial charge in [0.15, 0.2) is 0 Å². The highest BCUT2D eigenvalue weighted by atomic mass is 32.2. The van der Waals surface area contributed by atoms with Crippen LogP contribution in [0.4, 0.5) is 5.95 Å². The molecule has 2 aromatic heterocycles. The van der Waals surface area contributed by atoms with Crippen molar-refractivity contribution in [3.63, 3.8) is 0 Å². The first kappa shape index (κ1) is 21.2. The average molecular weight is 435 g/mol. The molecule has 0 radical (unpaired) electrons. The van der Waals surface area contributed by atoms with Crippen LogP contribution in [-0.4, -0.2) is 71.3 Å². The van der Waals surface area contributed by atoms with Gasteiger partial charge in [-0.3, -0.25) is 14.3 Å². The summed E-state index contributed by atoms with van der Waals surface area (Å²) in [5.41, 5.74) is 0.663. The number of fused-ring (bicyclic) bond motifs is 1. The Bertz CT molecular complexity index is 1050. The van der Waals surface area contributed by atoms with Gasteiger partial charge in [-0.15, -0.1) is 0 Å². The Morgan fingerprint density at radius 3 is 2.50 bits per heavy atom. The van der Waals surface area contributed by atoms with Crippen molar-refractivity contribution in [2.45, 2.75) is 50.6 Å². The van der Waals surface area contributed by atoms with Crippen LogP contribution >= 0.6 is 0 Å². The summed E-state index contributed by atoms with van der Waals surface area (Å²) in [5, 5.41) is 4.21. The Morgan fingerprint density at radius 1 is 1.13 bits per heavy atom. The summed E-state index contributed by atoms with van der Waals surface area (Å²) in [6.45, 7) is 0.961. The van der Waals surface area contributed by atoms with E-state index >= 15 is 0 Å². The normalized spacial score (nSPS) is 19.7. The fraction of sp³-hybridized carbons (Fsp3) is 0.650. The lowest BCUT2D eigenvalue weighted by molar-refractivity contribution is 0.320. The van der Waals surface area contributed by atoms with Crippen LogP contribution in [0.15, 0.2) is 23.1 Å². The van der Waals surface area contributed by atoms with Crippen LogP contribution in [-0.2, 0) is 10.0 Å². The fourth-order valence-corrected chi connectivity index (χ4v) is 6.08. The highest BCUT2D eigenvalue weighted by molar-refractivity contribution is 7.89. The third-order valence-corrected chi connectivity index (χ3v) is 7.95. The topological polar surface area (TPSA) is 100 Å². The van der Waals surface area contributed by atoms with Gasteiger partial charge in [-0.05, 0) is 45.8 Å². The molecule has 9 nitrogen and oxygen atoms in total. The van der Waals surface area contributed by atoms with Crippen LogP contribution in [0.1, 0.15) is 44.6 Å². The van der Waals surface area contributed by atoms with Crippen LogP contribution in [0, 0.1) is 0 Å². The maximum atomic E-state index is 12.5. The smallest absolute Gasteiger partial charge is 0.252 e. The number of pyridine rings is 1. The summed E-state index contributed by atoms with van der Waals surface area (Å²) in [5.74, 6) is 0.520. The molecule has 1 aliphatic heterocycles. The first-order valence-corrected chi connectivity index (χ1v) is 12.2. The van der Waals surface area contributed by atoms with Crippen molar-refractivity contribution >= 4 is 27.0 Å². The summed E-state index contributed by atoms with van der Waals surface area (Å²) < 4.78 is 28.2. The minimum Gasteiger partial charge on any atom is -0.351 e. The molecule has 1 saturated heterocycles. The number of aromatic nitrogens is 3. The van der Waals surface area contributed by atoms with E-state index in [-0.39, 0.29) is 23.5 Å². The van der Waals surface area contributed by atoms with E-state index in [4.69, 9.17) is 0 Å². The summed E-state index contributed by atoms with van der Waals surface area (Å²) in [6.07, 6.45) is 7.43. The molecule has 0 aromatic carbocycles. The van der Waals surface area contributed by atoms with Crippen molar-refractivity contribution < 1.29 is 8.42 Å². The van der Waals surface area contributed by atoms with Gasteiger partial charge in [-0.2, -0.15) is 4.98 Å². The Kier molecular flexibility index (Phi) is 6.08. The monoisotopic (exact) mass is 434 g/mol. The minimum atomic E-state index is -3.27. The summed E-state index contributed by atoms with van der Waals surface area (Å²) in [6, 6.07) is 3.68. The van der Waals surface area contributed by atoms with Gasteiger partial charge in [0.05, 0.1) is 0 Å². The van der Waals surface area contributed by atoms with Crippen LogP contribution in [0.5, 0.6) is 0 Å². The van der Waals surface area contributed by atoms with Gasteiger partial charge < -0.3 is 5.32 Å². The number of anilines is 1. The van der Waals surface area contributed by atoms with Crippen molar-refractivity contribution in [2.24, 2.45) is 0 Å². The summed E-state index contributed by atoms with van der Waals surface area (Å²) >= 11 is 0. The zero-order chi connectivity index (χ0) is 21.3.